The lowest BCUT2D eigenvalue weighted by Crippen LogP contribution is -2.60. The van der Waals surface area contributed by atoms with E-state index in [9.17, 15) is 8.42 Å². The standard InChI is InChI=1S/C13H27NO4S/c1-12(2)9-11(10-13(3,4)14(12)5)18-7-6-8-19(15,16)17/h11H,6-10H2,1-5H3,(H,15,16,17). The van der Waals surface area contributed by atoms with Crippen molar-refractivity contribution in [3.63, 3.8) is 0 Å². The third-order valence-electron chi connectivity index (χ3n) is 4.17. The lowest BCUT2D eigenvalue weighted by atomic mass is 9.79. The first-order chi connectivity index (χ1) is 8.44. The highest BCUT2D eigenvalue weighted by atomic mass is 32.2. The second-order valence-corrected chi connectivity index (χ2v) is 8.30. The molecule has 0 saturated carbocycles. The van der Waals surface area contributed by atoms with Crippen LogP contribution in [0.5, 0.6) is 0 Å². The van der Waals surface area contributed by atoms with Crippen LogP contribution < -0.4 is 0 Å². The first kappa shape index (κ1) is 16.9. The molecule has 0 unspecified atom stereocenters. The van der Waals surface area contributed by atoms with Crippen molar-refractivity contribution in [1.29, 1.82) is 0 Å². The summed E-state index contributed by atoms with van der Waals surface area (Å²) in [6.45, 7) is 9.16. The van der Waals surface area contributed by atoms with Crippen LogP contribution in [0.4, 0.5) is 0 Å². The Morgan fingerprint density at radius 1 is 1.21 bits per heavy atom. The van der Waals surface area contributed by atoms with Crippen molar-refractivity contribution in [3.8, 4) is 0 Å². The van der Waals surface area contributed by atoms with Gasteiger partial charge in [0.2, 0.25) is 0 Å². The summed E-state index contributed by atoms with van der Waals surface area (Å²) in [6.07, 6.45) is 2.34. The van der Waals surface area contributed by atoms with Crippen LogP contribution in [-0.2, 0) is 14.9 Å². The van der Waals surface area contributed by atoms with Crippen molar-refractivity contribution in [1.82, 2.24) is 4.90 Å². The normalized spacial score (nSPS) is 24.5. The van der Waals surface area contributed by atoms with Crippen LogP contribution in [0.2, 0.25) is 0 Å². The van der Waals surface area contributed by atoms with Gasteiger partial charge in [0.05, 0.1) is 11.9 Å². The lowest BCUT2D eigenvalue weighted by molar-refractivity contribution is -0.0911. The van der Waals surface area contributed by atoms with E-state index >= 15 is 0 Å². The number of piperidine rings is 1. The van der Waals surface area contributed by atoms with Crippen LogP contribution in [0.25, 0.3) is 0 Å². The van der Waals surface area contributed by atoms with E-state index in [1.165, 1.54) is 0 Å². The van der Waals surface area contributed by atoms with Crippen molar-refractivity contribution in [2.75, 3.05) is 19.4 Å². The minimum atomic E-state index is -3.87. The maximum absolute atomic E-state index is 10.6. The molecule has 19 heavy (non-hydrogen) atoms. The Morgan fingerprint density at radius 2 is 1.68 bits per heavy atom. The van der Waals surface area contributed by atoms with E-state index in [1.807, 2.05) is 0 Å². The van der Waals surface area contributed by atoms with Crippen molar-refractivity contribution in [2.45, 2.75) is 64.1 Å². The number of rotatable bonds is 5. The highest BCUT2D eigenvalue weighted by Gasteiger charge is 2.43. The Labute approximate surface area is 117 Å². The van der Waals surface area contributed by atoms with E-state index in [2.05, 4.69) is 39.6 Å². The second-order valence-electron chi connectivity index (χ2n) is 6.72. The SMILES string of the molecule is CN1C(C)(C)CC(OCCCS(=O)(=O)O)CC1(C)C. The highest BCUT2D eigenvalue weighted by molar-refractivity contribution is 7.85. The number of likely N-dealkylation sites (tertiary alicyclic amines) is 1. The Balaban J connectivity index is 2.48. The molecule has 1 N–H and O–H groups in total. The van der Waals surface area contributed by atoms with Gasteiger partial charge in [-0.25, -0.2) is 0 Å². The van der Waals surface area contributed by atoms with Crippen LogP contribution in [0, 0.1) is 0 Å². The largest absolute Gasteiger partial charge is 0.378 e. The molecule has 0 amide bonds. The van der Waals surface area contributed by atoms with Gasteiger partial charge in [0.1, 0.15) is 0 Å². The molecule has 0 radical (unpaired) electrons. The maximum Gasteiger partial charge on any atom is 0.264 e. The maximum atomic E-state index is 10.6. The average molecular weight is 293 g/mol. The second kappa shape index (κ2) is 5.68. The summed E-state index contributed by atoms with van der Waals surface area (Å²) in [5, 5.41) is 0. The van der Waals surface area contributed by atoms with E-state index in [0.29, 0.717) is 13.0 Å². The molecule has 1 fully saturated rings. The van der Waals surface area contributed by atoms with Crippen LogP contribution in [0.15, 0.2) is 0 Å². The number of hydrogen-bond acceptors (Lipinski definition) is 4. The molecule has 114 valence electrons. The number of nitrogens with zero attached hydrogens (tertiary/aromatic N) is 1. The fourth-order valence-corrected chi connectivity index (χ4v) is 3.37. The van der Waals surface area contributed by atoms with Crippen molar-refractivity contribution in [2.24, 2.45) is 0 Å². The topological polar surface area (TPSA) is 66.8 Å². The monoisotopic (exact) mass is 293 g/mol. The predicted octanol–water partition coefficient (Wildman–Crippen LogP) is 1.93. The molecule has 0 aromatic heterocycles. The molecule has 1 saturated heterocycles. The van der Waals surface area contributed by atoms with Gasteiger partial charge in [0.15, 0.2) is 0 Å². The van der Waals surface area contributed by atoms with Gasteiger partial charge in [-0.1, -0.05) is 0 Å². The molecule has 1 rings (SSSR count). The number of hydrogen-bond donors (Lipinski definition) is 1. The predicted molar refractivity (Wildman–Crippen MR) is 75.9 cm³/mol. The summed E-state index contributed by atoms with van der Waals surface area (Å²) in [7, 11) is -1.74. The fourth-order valence-electron chi connectivity index (χ4n) is 2.89. The first-order valence-corrected chi connectivity index (χ1v) is 8.36. The fraction of sp³-hybridized carbons (Fsp3) is 1.00. The number of ether oxygens (including phenoxy) is 1. The molecule has 0 aromatic carbocycles. The van der Waals surface area contributed by atoms with E-state index in [0.717, 1.165) is 12.8 Å². The molecule has 0 spiro atoms. The van der Waals surface area contributed by atoms with Gasteiger partial charge in [-0.3, -0.25) is 9.45 Å². The average Bonchev–Trinajstić information content (AvgIpc) is 2.19. The molecular formula is C13H27NO4S. The molecule has 1 aliphatic rings. The summed E-state index contributed by atoms with van der Waals surface area (Å²) in [5.74, 6) is -0.230. The van der Waals surface area contributed by atoms with E-state index in [-0.39, 0.29) is 22.9 Å². The Morgan fingerprint density at radius 3 is 2.11 bits per heavy atom. The van der Waals surface area contributed by atoms with E-state index in [1.54, 1.807) is 0 Å². The molecule has 0 aliphatic carbocycles. The van der Waals surface area contributed by atoms with Crippen LogP contribution in [0.3, 0.4) is 0 Å². The summed E-state index contributed by atoms with van der Waals surface area (Å²) < 4.78 is 35.7. The Kier molecular flexibility index (Phi) is 5.04. The molecule has 0 bridgehead atoms. The molecule has 1 heterocycles. The van der Waals surface area contributed by atoms with Gasteiger partial charge >= 0.3 is 0 Å². The van der Waals surface area contributed by atoms with Crippen LogP contribution in [-0.4, -0.2) is 54.5 Å². The summed E-state index contributed by atoms with van der Waals surface area (Å²) in [4.78, 5) is 2.37. The third kappa shape index (κ3) is 5.02. The molecule has 0 atom stereocenters. The molecule has 6 heteroatoms. The van der Waals surface area contributed by atoms with Gasteiger partial charge in [0, 0.05) is 17.7 Å². The van der Waals surface area contributed by atoms with Gasteiger partial charge in [-0.05, 0) is 54.0 Å². The molecular weight excluding hydrogens is 266 g/mol. The Hall–Kier alpha value is -0.170. The van der Waals surface area contributed by atoms with E-state index in [4.69, 9.17) is 9.29 Å². The zero-order valence-corrected chi connectivity index (χ0v) is 13.5. The minimum absolute atomic E-state index is 0.0650. The molecule has 1 aliphatic heterocycles. The lowest BCUT2D eigenvalue weighted by Gasteiger charge is -2.53. The van der Waals surface area contributed by atoms with Gasteiger partial charge in [0.25, 0.3) is 10.1 Å². The minimum Gasteiger partial charge on any atom is -0.378 e. The van der Waals surface area contributed by atoms with Gasteiger partial charge in [-0.15, -0.1) is 0 Å². The molecule has 5 nitrogen and oxygen atoms in total. The van der Waals surface area contributed by atoms with Gasteiger partial charge < -0.3 is 4.74 Å². The van der Waals surface area contributed by atoms with E-state index < -0.39 is 10.1 Å². The highest BCUT2D eigenvalue weighted by Crippen LogP contribution is 2.37. The summed E-state index contributed by atoms with van der Waals surface area (Å²) >= 11 is 0. The smallest absolute Gasteiger partial charge is 0.264 e. The van der Waals surface area contributed by atoms with Crippen molar-refractivity contribution >= 4 is 10.1 Å². The van der Waals surface area contributed by atoms with Gasteiger partial charge in [-0.2, -0.15) is 8.42 Å². The third-order valence-corrected chi connectivity index (χ3v) is 4.98. The summed E-state index contributed by atoms with van der Waals surface area (Å²) in [5.41, 5.74) is 0.130. The molecule has 0 aromatic rings. The zero-order valence-electron chi connectivity index (χ0n) is 12.6. The quantitative estimate of drug-likeness (QED) is 0.620. The summed E-state index contributed by atoms with van der Waals surface area (Å²) in [6, 6.07) is 0. The zero-order chi connectivity index (χ0) is 14.9. The van der Waals surface area contributed by atoms with Crippen LogP contribution >= 0.6 is 0 Å². The first-order valence-electron chi connectivity index (χ1n) is 6.75. The van der Waals surface area contributed by atoms with Crippen molar-refractivity contribution in [3.05, 3.63) is 0 Å². The Bertz CT molecular complexity index is 385. The van der Waals surface area contributed by atoms with Crippen LogP contribution in [0.1, 0.15) is 47.0 Å². The van der Waals surface area contributed by atoms with Crippen molar-refractivity contribution < 1.29 is 17.7 Å².